The highest BCUT2D eigenvalue weighted by atomic mass is 35.5. The van der Waals surface area contributed by atoms with Crippen LogP contribution in [-0.2, 0) is 9.53 Å². The first-order valence-electron chi connectivity index (χ1n) is 8.08. The molecule has 142 valence electrons. The van der Waals surface area contributed by atoms with Crippen LogP contribution < -0.4 is 15.4 Å². The Morgan fingerprint density at radius 3 is 2.63 bits per heavy atom. The van der Waals surface area contributed by atoms with E-state index in [1.807, 2.05) is 0 Å². The summed E-state index contributed by atoms with van der Waals surface area (Å²) in [6.45, 7) is 1.77. The molecule has 1 atom stereocenters. The molecule has 1 unspecified atom stereocenters. The van der Waals surface area contributed by atoms with Crippen LogP contribution in [-0.4, -0.2) is 25.2 Å². The first-order chi connectivity index (χ1) is 13.0. The number of hydrogen-bond acceptors (Lipinski definition) is 5. The summed E-state index contributed by atoms with van der Waals surface area (Å²) in [5.74, 6) is 0.205. The molecule has 1 aromatic heterocycles. The third-order valence-electron chi connectivity index (χ3n) is 3.70. The lowest BCUT2D eigenvalue weighted by Crippen LogP contribution is -2.47. The molecule has 0 saturated carbocycles. The van der Waals surface area contributed by atoms with Crippen LogP contribution in [0.2, 0.25) is 10.0 Å². The van der Waals surface area contributed by atoms with Crippen molar-refractivity contribution in [3.05, 3.63) is 63.7 Å². The maximum absolute atomic E-state index is 12.5. The summed E-state index contributed by atoms with van der Waals surface area (Å²) in [6, 6.07) is 6.75. The van der Waals surface area contributed by atoms with Crippen molar-refractivity contribution >= 4 is 35.2 Å². The van der Waals surface area contributed by atoms with Crippen LogP contribution in [0.1, 0.15) is 18.7 Å². The number of rotatable bonds is 6. The molecule has 1 aromatic carbocycles. The Hall–Kier alpha value is -2.64. The second kappa shape index (κ2) is 8.37. The van der Waals surface area contributed by atoms with Crippen molar-refractivity contribution in [1.29, 1.82) is 0 Å². The zero-order chi connectivity index (χ0) is 19.4. The number of carbonyl (C=O) groups excluding carboxylic acids is 2. The maximum Gasteiger partial charge on any atom is 0.338 e. The highest BCUT2D eigenvalue weighted by Crippen LogP contribution is 2.29. The van der Waals surface area contributed by atoms with Crippen molar-refractivity contribution in [2.24, 2.45) is 0 Å². The van der Waals surface area contributed by atoms with Crippen LogP contribution in [0.4, 0.5) is 4.79 Å². The zero-order valence-corrected chi connectivity index (χ0v) is 15.8. The minimum atomic E-state index is -0.797. The fourth-order valence-electron chi connectivity index (χ4n) is 2.62. The van der Waals surface area contributed by atoms with Crippen LogP contribution in [0.25, 0.3) is 0 Å². The topological polar surface area (TPSA) is 89.8 Å². The van der Waals surface area contributed by atoms with Crippen LogP contribution in [0.15, 0.2) is 52.3 Å². The molecule has 0 bridgehead atoms. The lowest BCUT2D eigenvalue weighted by atomic mass is 10.0. The van der Waals surface area contributed by atoms with E-state index in [0.29, 0.717) is 21.6 Å². The SMILES string of the molecule is CCOC(=O)C1=C(COc2cc(Cl)cc(Cl)c2)NC(=O)NC1c1ccco1. The summed E-state index contributed by atoms with van der Waals surface area (Å²) in [4.78, 5) is 24.6. The number of ether oxygens (including phenoxy) is 2. The molecular formula is C18H16Cl2N2O5. The van der Waals surface area contributed by atoms with E-state index in [1.54, 1.807) is 37.3 Å². The van der Waals surface area contributed by atoms with Gasteiger partial charge in [0.05, 0.1) is 24.1 Å². The monoisotopic (exact) mass is 410 g/mol. The molecule has 1 aliphatic rings. The minimum absolute atomic E-state index is 0.102. The smallest absolute Gasteiger partial charge is 0.338 e. The van der Waals surface area contributed by atoms with Gasteiger partial charge in [0, 0.05) is 10.0 Å². The Morgan fingerprint density at radius 1 is 1.26 bits per heavy atom. The average molecular weight is 411 g/mol. The fraction of sp³-hybridized carbons (Fsp3) is 0.222. The van der Waals surface area contributed by atoms with E-state index in [2.05, 4.69) is 10.6 Å². The quantitative estimate of drug-likeness (QED) is 0.706. The molecule has 0 spiro atoms. The Bertz CT molecular complexity index is 860. The number of carbonyl (C=O) groups is 2. The Balaban J connectivity index is 1.93. The Morgan fingerprint density at radius 2 is 2.00 bits per heavy atom. The van der Waals surface area contributed by atoms with Crippen molar-refractivity contribution in [2.75, 3.05) is 13.2 Å². The lowest BCUT2D eigenvalue weighted by Gasteiger charge is -2.27. The summed E-state index contributed by atoms with van der Waals surface area (Å²) in [5, 5.41) is 6.05. The molecule has 2 heterocycles. The number of hydrogen-bond donors (Lipinski definition) is 2. The first kappa shape index (κ1) is 19.1. The molecule has 0 fully saturated rings. The summed E-state index contributed by atoms with van der Waals surface area (Å²) in [7, 11) is 0. The number of halogens is 2. The normalized spacial score (nSPS) is 16.6. The van der Waals surface area contributed by atoms with Gasteiger partial charge in [-0.3, -0.25) is 0 Å². The van der Waals surface area contributed by atoms with Gasteiger partial charge in [0.2, 0.25) is 0 Å². The Labute approximate surface area is 165 Å². The van der Waals surface area contributed by atoms with Crippen LogP contribution >= 0.6 is 23.2 Å². The fourth-order valence-corrected chi connectivity index (χ4v) is 3.12. The van der Waals surface area contributed by atoms with Gasteiger partial charge >= 0.3 is 12.0 Å². The third-order valence-corrected chi connectivity index (χ3v) is 4.13. The van der Waals surface area contributed by atoms with Crippen molar-refractivity contribution in [3.8, 4) is 5.75 Å². The molecule has 27 heavy (non-hydrogen) atoms. The number of furan rings is 1. The highest BCUT2D eigenvalue weighted by molar-refractivity contribution is 6.34. The molecule has 3 rings (SSSR count). The number of esters is 1. The van der Waals surface area contributed by atoms with Gasteiger partial charge in [0.1, 0.15) is 24.2 Å². The predicted molar refractivity (Wildman–Crippen MR) is 98.7 cm³/mol. The minimum Gasteiger partial charge on any atom is -0.487 e. The van der Waals surface area contributed by atoms with E-state index in [-0.39, 0.29) is 24.5 Å². The summed E-state index contributed by atoms with van der Waals surface area (Å²) in [6.07, 6.45) is 1.45. The predicted octanol–water partition coefficient (Wildman–Crippen LogP) is 3.84. The molecule has 2 amide bonds. The molecular weight excluding hydrogens is 395 g/mol. The number of nitrogens with one attached hydrogen (secondary N) is 2. The van der Waals surface area contributed by atoms with Crippen LogP contribution in [0, 0.1) is 0 Å². The highest BCUT2D eigenvalue weighted by Gasteiger charge is 2.35. The van der Waals surface area contributed by atoms with E-state index in [0.717, 1.165) is 0 Å². The van der Waals surface area contributed by atoms with E-state index in [1.165, 1.54) is 6.26 Å². The molecule has 0 aliphatic carbocycles. The van der Waals surface area contributed by atoms with E-state index < -0.39 is 18.0 Å². The average Bonchev–Trinajstić information content (AvgIpc) is 3.13. The Kier molecular flexibility index (Phi) is 5.93. The van der Waals surface area contributed by atoms with E-state index >= 15 is 0 Å². The van der Waals surface area contributed by atoms with E-state index in [4.69, 9.17) is 37.1 Å². The van der Waals surface area contributed by atoms with Gasteiger partial charge in [-0.2, -0.15) is 0 Å². The van der Waals surface area contributed by atoms with Gasteiger partial charge in [0.25, 0.3) is 0 Å². The molecule has 9 heteroatoms. The van der Waals surface area contributed by atoms with Crippen molar-refractivity contribution in [1.82, 2.24) is 10.6 Å². The maximum atomic E-state index is 12.5. The lowest BCUT2D eigenvalue weighted by molar-refractivity contribution is -0.139. The third kappa shape index (κ3) is 4.56. The molecule has 2 N–H and O–H groups in total. The largest absolute Gasteiger partial charge is 0.487 e. The summed E-state index contributed by atoms with van der Waals surface area (Å²) < 4.78 is 16.2. The molecule has 2 aromatic rings. The van der Waals surface area contributed by atoms with Gasteiger partial charge in [-0.1, -0.05) is 23.2 Å². The number of benzene rings is 1. The number of urea groups is 1. The molecule has 7 nitrogen and oxygen atoms in total. The first-order valence-corrected chi connectivity index (χ1v) is 8.83. The van der Waals surface area contributed by atoms with Crippen molar-refractivity contribution in [3.63, 3.8) is 0 Å². The van der Waals surface area contributed by atoms with E-state index in [9.17, 15) is 9.59 Å². The zero-order valence-electron chi connectivity index (χ0n) is 14.3. The van der Waals surface area contributed by atoms with Gasteiger partial charge in [-0.25, -0.2) is 9.59 Å². The summed E-state index contributed by atoms with van der Waals surface area (Å²) in [5.41, 5.74) is 0.453. The standard InChI is InChI=1S/C18H16Cl2N2O5/c1-2-25-17(23)15-13(9-27-12-7-10(19)6-11(20)8-12)21-18(24)22-16(15)14-4-3-5-26-14/h3-8,16H,2,9H2,1H3,(H2,21,22,24). The van der Waals surface area contributed by atoms with Crippen molar-refractivity contribution in [2.45, 2.75) is 13.0 Å². The molecule has 0 radical (unpaired) electrons. The second-order valence-electron chi connectivity index (χ2n) is 5.55. The summed E-state index contributed by atoms with van der Waals surface area (Å²) >= 11 is 11.9. The van der Waals surface area contributed by atoms with Crippen molar-refractivity contribution < 1.29 is 23.5 Å². The van der Waals surface area contributed by atoms with Gasteiger partial charge < -0.3 is 24.5 Å². The van der Waals surface area contributed by atoms with Crippen LogP contribution in [0.3, 0.4) is 0 Å². The van der Waals surface area contributed by atoms with Gasteiger partial charge in [-0.15, -0.1) is 0 Å². The second-order valence-corrected chi connectivity index (χ2v) is 6.43. The molecule has 1 aliphatic heterocycles. The van der Waals surface area contributed by atoms with Gasteiger partial charge in [-0.05, 0) is 37.3 Å². The van der Waals surface area contributed by atoms with Crippen LogP contribution in [0.5, 0.6) is 5.75 Å². The molecule has 0 saturated heterocycles. The number of amides is 2. The van der Waals surface area contributed by atoms with Gasteiger partial charge in [0.15, 0.2) is 0 Å².